The maximum atomic E-state index is 5.75. The highest BCUT2D eigenvalue weighted by molar-refractivity contribution is 7.13. The van der Waals surface area contributed by atoms with Gasteiger partial charge in [0.15, 0.2) is 0 Å². The minimum absolute atomic E-state index is 0.148. The Balaban J connectivity index is 1.76. The van der Waals surface area contributed by atoms with E-state index in [-0.39, 0.29) is 6.04 Å². The summed E-state index contributed by atoms with van der Waals surface area (Å²) in [7, 11) is 0. The summed E-state index contributed by atoms with van der Waals surface area (Å²) >= 11 is 1.61. The van der Waals surface area contributed by atoms with Crippen LogP contribution in [0.2, 0.25) is 0 Å². The van der Waals surface area contributed by atoms with Crippen LogP contribution in [-0.4, -0.2) is 41.4 Å². The predicted molar refractivity (Wildman–Crippen MR) is 68.4 cm³/mol. The first-order valence-electron chi connectivity index (χ1n) is 6.03. The lowest BCUT2D eigenvalue weighted by Gasteiger charge is -2.30. The molecule has 0 aliphatic carbocycles. The molecule has 0 bridgehead atoms. The van der Waals surface area contributed by atoms with Crippen molar-refractivity contribution in [3.05, 3.63) is 23.4 Å². The van der Waals surface area contributed by atoms with Crippen LogP contribution in [0.25, 0.3) is 10.8 Å². The molecular formula is C12H15N3O2S. The van der Waals surface area contributed by atoms with Crippen LogP contribution in [0, 0.1) is 0 Å². The molecule has 0 N–H and O–H groups in total. The zero-order valence-corrected chi connectivity index (χ0v) is 11.0. The van der Waals surface area contributed by atoms with Gasteiger partial charge in [-0.1, -0.05) is 6.07 Å². The first kappa shape index (κ1) is 11.8. The van der Waals surface area contributed by atoms with Crippen molar-refractivity contribution < 1.29 is 9.15 Å². The molecule has 5 nitrogen and oxygen atoms in total. The average molecular weight is 265 g/mol. The average Bonchev–Trinajstić information content (AvgIpc) is 3.09. The number of ether oxygens (including phenoxy) is 1. The topological polar surface area (TPSA) is 51.4 Å². The summed E-state index contributed by atoms with van der Waals surface area (Å²) in [5, 5.41) is 10.3. The quantitative estimate of drug-likeness (QED) is 0.851. The van der Waals surface area contributed by atoms with Gasteiger partial charge in [-0.05, 0) is 18.4 Å². The largest absolute Gasteiger partial charge is 0.418 e. The van der Waals surface area contributed by atoms with Crippen molar-refractivity contribution in [3.8, 4) is 10.8 Å². The molecule has 2 aromatic rings. The molecule has 1 atom stereocenters. The lowest BCUT2D eigenvalue weighted by molar-refractivity contribution is 0.0147. The third kappa shape index (κ3) is 2.31. The Kier molecular flexibility index (Phi) is 3.40. The Morgan fingerprint density at radius 1 is 1.33 bits per heavy atom. The van der Waals surface area contributed by atoms with Gasteiger partial charge in [0.2, 0.25) is 5.89 Å². The minimum atomic E-state index is 0.148. The first-order chi connectivity index (χ1) is 8.84. The van der Waals surface area contributed by atoms with Gasteiger partial charge in [0.05, 0.1) is 24.1 Å². The van der Waals surface area contributed by atoms with E-state index in [0.717, 1.165) is 31.2 Å². The minimum Gasteiger partial charge on any atom is -0.418 e. The standard InChI is InChI=1S/C12H15N3O2S/c1-9(15-4-6-16-7-5-15)11-13-14-12(17-11)10-3-2-8-18-10/h2-3,8-9H,4-7H2,1H3. The van der Waals surface area contributed by atoms with Gasteiger partial charge < -0.3 is 9.15 Å². The maximum Gasteiger partial charge on any atom is 0.257 e. The summed E-state index contributed by atoms with van der Waals surface area (Å²) in [5.74, 6) is 1.29. The van der Waals surface area contributed by atoms with E-state index in [1.54, 1.807) is 11.3 Å². The number of nitrogens with zero attached hydrogens (tertiary/aromatic N) is 3. The van der Waals surface area contributed by atoms with Crippen LogP contribution in [0.5, 0.6) is 0 Å². The van der Waals surface area contributed by atoms with E-state index in [2.05, 4.69) is 22.0 Å². The summed E-state index contributed by atoms with van der Waals surface area (Å²) in [4.78, 5) is 3.32. The molecule has 1 aliphatic heterocycles. The van der Waals surface area contributed by atoms with Gasteiger partial charge >= 0.3 is 0 Å². The lowest BCUT2D eigenvalue weighted by Crippen LogP contribution is -2.38. The number of thiophene rings is 1. The van der Waals surface area contributed by atoms with E-state index >= 15 is 0 Å². The molecule has 2 aromatic heterocycles. The fourth-order valence-corrected chi connectivity index (χ4v) is 2.67. The summed E-state index contributed by atoms with van der Waals surface area (Å²) in [5.41, 5.74) is 0. The fourth-order valence-electron chi connectivity index (χ4n) is 2.02. The van der Waals surface area contributed by atoms with Crippen LogP contribution in [0.3, 0.4) is 0 Å². The predicted octanol–water partition coefficient (Wildman–Crippen LogP) is 2.19. The summed E-state index contributed by atoms with van der Waals surface area (Å²) in [6.45, 7) is 5.47. The van der Waals surface area contributed by atoms with Crippen LogP contribution in [0.1, 0.15) is 18.9 Å². The van der Waals surface area contributed by atoms with E-state index in [4.69, 9.17) is 9.15 Å². The number of aromatic nitrogens is 2. The number of rotatable bonds is 3. The highest BCUT2D eigenvalue weighted by Crippen LogP contribution is 2.26. The van der Waals surface area contributed by atoms with Crippen LogP contribution >= 0.6 is 11.3 Å². The third-order valence-electron chi connectivity index (χ3n) is 3.12. The van der Waals surface area contributed by atoms with Crippen molar-refractivity contribution in [2.75, 3.05) is 26.3 Å². The van der Waals surface area contributed by atoms with Gasteiger partial charge in [-0.3, -0.25) is 4.90 Å². The highest BCUT2D eigenvalue weighted by Gasteiger charge is 2.23. The molecule has 0 amide bonds. The van der Waals surface area contributed by atoms with Gasteiger partial charge in [0, 0.05) is 13.1 Å². The molecule has 3 heterocycles. The molecule has 1 saturated heterocycles. The number of morpholine rings is 1. The molecule has 0 aromatic carbocycles. The lowest BCUT2D eigenvalue weighted by atomic mass is 10.2. The molecule has 0 saturated carbocycles. The Labute approximate surface area is 109 Å². The SMILES string of the molecule is CC(c1nnc(-c2cccs2)o1)N1CCOCC1. The Morgan fingerprint density at radius 3 is 2.89 bits per heavy atom. The molecule has 1 unspecified atom stereocenters. The van der Waals surface area contributed by atoms with Gasteiger partial charge in [0.1, 0.15) is 0 Å². The second-order valence-electron chi connectivity index (χ2n) is 4.25. The molecule has 3 rings (SSSR count). The molecule has 0 spiro atoms. The van der Waals surface area contributed by atoms with E-state index in [9.17, 15) is 0 Å². The van der Waals surface area contributed by atoms with Gasteiger partial charge in [-0.2, -0.15) is 0 Å². The van der Waals surface area contributed by atoms with Crippen molar-refractivity contribution in [2.24, 2.45) is 0 Å². The Bertz CT molecular complexity index is 491. The monoisotopic (exact) mass is 265 g/mol. The molecule has 96 valence electrons. The zero-order chi connectivity index (χ0) is 12.4. The van der Waals surface area contributed by atoms with Gasteiger partial charge in [0.25, 0.3) is 5.89 Å². The van der Waals surface area contributed by atoms with Crippen LogP contribution in [0.4, 0.5) is 0 Å². The van der Waals surface area contributed by atoms with E-state index in [0.29, 0.717) is 11.8 Å². The summed E-state index contributed by atoms with van der Waals surface area (Å²) in [6, 6.07) is 4.12. The smallest absolute Gasteiger partial charge is 0.257 e. The molecular weight excluding hydrogens is 250 g/mol. The fraction of sp³-hybridized carbons (Fsp3) is 0.500. The number of hydrogen-bond donors (Lipinski definition) is 0. The van der Waals surface area contributed by atoms with Crippen molar-refractivity contribution in [1.82, 2.24) is 15.1 Å². The third-order valence-corrected chi connectivity index (χ3v) is 3.98. The summed E-state index contributed by atoms with van der Waals surface area (Å²) in [6.07, 6.45) is 0. The highest BCUT2D eigenvalue weighted by atomic mass is 32.1. The van der Waals surface area contributed by atoms with Crippen molar-refractivity contribution in [2.45, 2.75) is 13.0 Å². The molecule has 1 aliphatic rings. The molecule has 0 radical (unpaired) electrons. The van der Waals surface area contributed by atoms with E-state index in [1.165, 1.54) is 0 Å². The molecule has 6 heteroatoms. The maximum absolute atomic E-state index is 5.75. The second kappa shape index (κ2) is 5.17. The molecule has 18 heavy (non-hydrogen) atoms. The Hall–Kier alpha value is -1.24. The van der Waals surface area contributed by atoms with Gasteiger partial charge in [-0.15, -0.1) is 21.5 Å². The number of hydrogen-bond acceptors (Lipinski definition) is 6. The van der Waals surface area contributed by atoms with Crippen molar-refractivity contribution >= 4 is 11.3 Å². The van der Waals surface area contributed by atoms with E-state index < -0.39 is 0 Å². The zero-order valence-electron chi connectivity index (χ0n) is 10.2. The van der Waals surface area contributed by atoms with Crippen LogP contribution in [0.15, 0.2) is 21.9 Å². The van der Waals surface area contributed by atoms with Crippen molar-refractivity contribution in [3.63, 3.8) is 0 Å². The normalized spacial score (nSPS) is 18.9. The van der Waals surface area contributed by atoms with Crippen LogP contribution in [-0.2, 0) is 4.74 Å². The Morgan fingerprint density at radius 2 is 2.17 bits per heavy atom. The van der Waals surface area contributed by atoms with Crippen molar-refractivity contribution in [1.29, 1.82) is 0 Å². The first-order valence-corrected chi connectivity index (χ1v) is 6.91. The van der Waals surface area contributed by atoms with E-state index in [1.807, 2.05) is 17.5 Å². The van der Waals surface area contributed by atoms with Crippen LogP contribution < -0.4 is 0 Å². The van der Waals surface area contributed by atoms with Gasteiger partial charge in [-0.25, -0.2) is 0 Å². The summed E-state index contributed by atoms with van der Waals surface area (Å²) < 4.78 is 11.1. The second-order valence-corrected chi connectivity index (χ2v) is 5.19. The molecule has 1 fully saturated rings.